The normalized spacial score (nSPS) is 21.4. The molecular weight excluding hydrogens is 456 g/mol. The lowest BCUT2D eigenvalue weighted by Gasteiger charge is -2.38. The van der Waals surface area contributed by atoms with Crippen LogP contribution < -0.4 is 4.90 Å². The van der Waals surface area contributed by atoms with Crippen LogP contribution in [0.15, 0.2) is 42.6 Å². The van der Waals surface area contributed by atoms with Gasteiger partial charge in [-0.15, -0.1) is 0 Å². The van der Waals surface area contributed by atoms with Crippen LogP contribution in [-0.2, 0) is 4.79 Å². The maximum absolute atomic E-state index is 14.0. The van der Waals surface area contributed by atoms with Gasteiger partial charge in [-0.3, -0.25) is 4.79 Å². The Kier molecular flexibility index (Phi) is 6.87. The zero-order chi connectivity index (χ0) is 25.2. The summed E-state index contributed by atoms with van der Waals surface area (Å²) in [6.45, 7) is 3.02. The highest BCUT2D eigenvalue weighted by Gasteiger charge is 2.49. The predicted octanol–water partition coefficient (Wildman–Crippen LogP) is 3.46. The lowest BCUT2D eigenvalue weighted by molar-refractivity contribution is -0.139. The number of carboxylic acid groups (broad SMARTS) is 1. The van der Waals surface area contributed by atoms with Gasteiger partial charge in [-0.25, -0.2) is 18.6 Å². The Hall–Kier alpha value is -3.74. The molecule has 0 radical (unpaired) electrons. The largest absolute Gasteiger partial charge is 0.465 e. The van der Waals surface area contributed by atoms with Crippen molar-refractivity contribution in [2.75, 3.05) is 37.6 Å². The van der Waals surface area contributed by atoms with Gasteiger partial charge in [0.15, 0.2) is 11.6 Å². The molecule has 35 heavy (non-hydrogen) atoms. The van der Waals surface area contributed by atoms with Gasteiger partial charge in [-0.2, -0.15) is 5.26 Å². The van der Waals surface area contributed by atoms with E-state index in [1.165, 1.54) is 15.9 Å². The van der Waals surface area contributed by atoms with Crippen LogP contribution in [0.25, 0.3) is 0 Å². The van der Waals surface area contributed by atoms with Crippen molar-refractivity contribution in [3.63, 3.8) is 0 Å². The van der Waals surface area contributed by atoms with Crippen molar-refractivity contribution in [2.45, 2.75) is 31.7 Å². The SMILES string of the molecule is CCN(C(=O)O)[C@@H]1CN(C(=O)C2(C#N)CCN(c3ccccn3)CC2)C[C@H]1c1ccc(F)c(F)c1. The van der Waals surface area contributed by atoms with Gasteiger partial charge in [0, 0.05) is 44.8 Å². The number of likely N-dealkylation sites (tertiary alicyclic amines) is 1. The highest BCUT2D eigenvalue weighted by molar-refractivity contribution is 5.86. The van der Waals surface area contributed by atoms with Crippen molar-refractivity contribution in [2.24, 2.45) is 5.41 Å². The Labute approximate surface area is 202 Å². The number of hydrogen-bond donors (Lipinski definition) is 1. The lowest BCUT2D eigenvalue weighted by atomic mass is 9.78. The average Bonchev–Trinajstić information content (AvgIpc) is 3.31. The zero-order valence-electron chi connectivity index (χ0n) is 19.4. The Morgan fingerprint density at radius 3 is 2.51 bits per heavy atom. The first-order valence-corrected chi connectivity index (χ1v) is 11.6. The molecule has 2 aromatic rings. The average molecular weight is 484 g/mol. The first-order chi connectivity index (χ1) is 16.8. The summed E-state index contributed by atoms with van der Waals surface area (Å²) in [5.74, 6) is -2.14. The first kappa shape index (κ1) is 24.4. The second-order valence-electron chi connectivity index (χ2n) is 9.00. The fraction of sp³-hybridized carbons (Fsp3) is 0.440. The van der Waals surface area contributed by atoms with Gasteiger partial charge in [-0.05, 0) is 49.6 Å². The quantitative estimate of drug-likeness (QED) is 0.699. The minimum Gasteiger partial charge on any atom is -0.465 e. The van der Waals surface area contributed by atoms with Crippen LogP contribution >= 0.6 is 0 Å². The molecule has 0 saturated carbocycles. The molecule has 3 heterocycles. The number of hydrogen-bond acceptors (Lipinski definition) is 5. The maximum atomic E-state index is 14.0. The molecule has 1 aromatic carbocycles. The number of nitrogens with zero attached hydrogens (tertiary/aromatic N) is 5. The third-order valence-electron chi connectivity index (χ3n) is 7.15. The Balaban J connectivity index is 1.57. The molecule has 2 saturated heterocycles. The third-order valence-corrected chi connectivity index (χ3v) is 7.15. The highest BCUT2D eigenvalue weighted by Crippen LogP contribution is 2.39. The Morgan fingerprint density at radius 2 is 1.94 bits per heavy atom. The summed E-state index contributed by atoms with van der Waals surface area (Å²) in [5, 5.41) is 19.8. The number of benzene rings is 1. The maximum Gasteiger partial charge on any atom is 0.407 e. The summed E-state index contributed by atoms with van der Waals surface area (Å²) in [5.41, 5.74) is -0.821. The van der Waals surface area contributed by atoms with Crippen LogP contribution in [-0.4, -0.2) is 70.7 Å². The predicted molar refractivity (Wildman–Crippen MR) is 124 cm³/mol. The summed E-state index contributed by atoms with van der Waals surface area (Å²) in [6, 6.07) is 10.7. The van der Waals surface area contributed by atoms with E-state index < -0.39 is 35.1 Å². The molecule has 4 rings (SSSR count). The molecule has 2 aliphatic rings. The van der Waals surface area contributed by atoms with Crippen LogP contribution in [0, 0.1) is 28.4 Å². The van der Waals surface area contributed by atoms with E-state index in [0.717, 1.165) is 18.0 Å². The minimum absolute atomic E-state index is 0.0794. The van der Waals surface area contributed by atoms with Crippen molar-refractivity contribution in [3.05, 3.63) is 59.8 Å². The first-order valence-electron chi connectivity index (χ1n) is 11.6. The number of rotatable bonds is 5. The molecule has 10 heteroatoms. The number of halogens is 2. The van der Waals surface area contributed by atoms with E-state index in [4.69, 9.17) is 0 Å². The monoisotopic (exact) mass is 483 g/mol. The number of anilines is 1. The van der Waals surface area contributed by atoms with Crippen LogP contribution in [0.1, 0.15) is 31.2 Å². The molecule has 0 spiro atoms. The third kappa shape index (κ3) is 4.63. The van der Waals surface area contributed by atoms with Crippen LogP contribution in [0.5, 0.6) is 0 Å². The lowest BCUT2D eigenvalue weighted by Crippen LogP contribution is -2.50. The van der Waals surface area contributed by atoms with E-state index in [2.05, 4.69) is 11.1 Å². The number of carbonyl (C=O) groups excluding carboxylic acids is 1. The fourth-order valence-electron chi connectivity index (χ4n) is 5.18. The van der Waals surface area contributed by atoms with E-state index in [-0.39, 0.29) is 25.5 Å². The van der Waals surface area contributed by atoms with Gasteiger partial charge in [0.25, 0.3) is 0 Å². The summed E-state index contributed by atoms with van der Waals surface area (Å²) in [7, 11) is 0. The van der Waals surface area contributed by atoms with Crippen molar-refractivity contribution >= 4 is 17.8 Å². The number of pyridine rings is 1. The van der Waals surface area contributed by atoms with Crippen molar-refractivity contribution in [3.8, 4) is 6.07 Å². The molecule has 2 amide bonds. The molecule has 1 N–H and O–H groups in total. The number of aromatic nitrogens is 1. The number of likely N-dealkylation sites (N-methyl/N-ethyl adjacent to an activating group) is 1. The highest BCUT2D eigenvalue weighted by atomic mass is 19.2. The summed E-state index contributed by atoms with van der Waals surface area (Å²) in [6.07, 6.45) is 1.16. The van der Waals surface area contributed by atoms with Crippen molar-refractivity contribution < 1.29 is 23.5 Å². The summed E-state index contributed by atoms with van der Waals surface area (Å²) >= 11 is 0. The molecule has 0 unspecified atom stereocenters. The van der Waals surface area contributed by atoms with Gasteiger partial charge in [0.1, 0.15) is 11.2 Å². The van der Waals surface area contributed by atoms with Crippen molar-refractivity contribution in [1.82, 2.24) is 14.8 Å². The van der Waals surface area contributed by atoms with Crippen LogP contribution in [0.2, 0.25) is 0 Å². The van der Waals surface area contributed by atoms with E-state index in [1.807, 2.05) is 23.1 Å². The molecule has 184 valence electrons. The van der Waals surface area contributed by atoms with Gasteiger partial charge in [-0.1, -0.05) is 12.1 Å². The fourth-order valence-corrected chi connectivity index (χ4v) is 5.18. The number of amides is 2. The van der Waals surface area contributed by atoms with Gasteiger partial charge < -0.3 is 19.8 Å². The molecule has 1 aromatic heterocycles. The second kappa shape index (κ2) is 9.86. The van der Waals surface area contributed by atoms with Gasteiger partial charge in [0.2, 0.25) is 5.91 Å². The summed E-state index contributed by atoms with van der Waals surface area (Å²) < 4.78 is 27.5. The van der Waals surface area contributed by atoms with Gasteiger partial charge in [0.05, 0.1) is 12.1 Å². The standard InChI is InChI=1S/C25H27F2N5O3/c1-2-32(24(34)35)21-15-31(14-18(21)17-6-7-19(26)20(27)13-17)23(33)25(16-28)8-11-30(12-9-25)22-5-3-4-10-29-22/h3-7,10,13,18,21H,2,8-9,11-12,14-15H2,1H3,(H,34,35)/t18-,21+/m0/s1. The second-order valence-corrected chi connectivity index (χ2v) is 9.00. The molecule has 2 atom stereocenters. The van der Waals surface area contributed by atoms with E-state index in [0.29, 0.717) is 31.5 Å². The van der Waals surface area contributed by atoms with E-state index >= 15 is 0 Å². The van der Waals surface area contributed by atoms with Crippen LogP contribution in [0.3, 0.4) is 0 Å². The molecular formula is C25H27F2N5O3. The van der Waals surface area contributed by atoms with E-state index in [1.54, 1.807) is 13.1 Å². The smallest absolute Gasteiger partial charge is 0.407 e. The molecule has 2 aliphatic heterocycles. The number of carbonyl (C=O) groups is 2. The van der Waals surface area contributed by atoms with Gasteiger partial charge >= 0.3 is 6.09 Å². The summed E-state index contributed by atoms with van der Waals surface area (Å²) in [4.78, 5) is 34.7. The topological polar surface area (TPSA) is 101 Å². The van der Waals surface area contributed by atoms with E-state index in [9.17, 15) is 28.7 Å². The van der Waals surface area contributed by atoms with Crippen molar-refractivity contribution in [1.29, 1.82) is 5.26 Å². The zero-order valence-corrected chi connectivity index (χ0v) is 19.4. The number of nitriles is 1. The molecule has 8 nitrogen and oxygen atoms in total. The molecule has 0 bridgehead atoms. The Bertz CT molecular complexity index is 1130. The Morgan fingerprint density at radius 1 is 1.20 bits per heavy atom. The molecule has 2 fully saturated rings. The molecule has 0 aliphatic carbocycles. The number of piperidine rings is 1. The minimum atomic E-state index is -1.24. The van der Waals surface area contributed by atoms with Crippen LogP contribution in [0.4, 0.5) is 19.4 Å².